The Bertz CT molecular complexity index is 620. The number of aryl methyl sites for hydroxylation is 1. The van der Waals surface area contributed by atoms with Crippen LogP contribution in [-0.2, 0) is 13.5 Å². The number of carbonyl (C=O) groups excluding carboxylic acids is 1. The van der Waals surface area contributed by atoms with Crippen molar-refractivity contribution in [3.8, 4) is 0 Å². The molecule has 0 unspecified atom stereocenters. The van der Waals surface area contributed by atoms with E-state index < -0.39 is 0 Å². The zero-order chi connectivity index (χ0) is 14.7. The number of nitrogen functional groups attached to an aromatic ring is 1. The first kappa shape index (κ1) is 14.7. The van der Waals surface area contributed by atoms with Crippen LogP contribution in [0.1, 0.15) is 16.1 Å². The molecule has 5 nitrogen and oxygen atoms in total. The number of carbonyl (C=O) groups is 1. The van der Waals surface area contributed by atoms with E-state index in [4.69, 9.17) is 28.9 Å². The number of nitrogens with zero attached hydrogens (tertiary/aromatic N) is 2. The maximum Gasteiger partial charge on any atom is 0.271 e. The van der Waals surface area contributed by atoms with Crippen LogP contribution in [0.25, 0.3) is 0 Å². The first-order chi connectivity index (χ1) is 9.49. The highest BCUT2D eigenvalue weighted by Gasteiger charge is 2.14. The Morgan fingerprint density at radius 3 is 2.80 bits per heavy atom. The molecule has 0 aliphatic rings. The number of hydrogen-bond acceptors (Lipinski definition) is 3. The Balaban J connectivity index is 1.95. The summed E-state index contributed by atoms with van der Waals surface area (Å²) < 4.78 is 1.44. The van der Waals surface area contributed by atoms with Crippen LogP contribution in [-0.4, -0.2) is 22.2 Å². The number of amides is 1. The lowest BCUT2D eigenvalue weighted by molar-refractivity contribution is 0.0945. The van der Waals surface area contributed by atoms with Crippen LogP contribution < -0.4 is 11.1 Å². The second-order valence-corrected chi connectivity index (χ2v) is 5.16. The smallest absolute Gasteiger partial charge is 0.271 e. The van der Waals surface area contributed by atoms with Crippen molar-refractivity contribution >= 4 is 34.8 Å². The number of anilines is 1. The molecule has 0 aliphatic heterocycles. The monoisotopic (exact) mass is 312 g/mol. The lowest BCUT2D eigenvalue weighted by atomic mass is 10.1. The highest BCUT2D eigenvalue weighted by Crippen LogP contribution is 2.21. The Morgan fingerprint density at radius 2 is 2.20 bits per heavy atom. The number of benzene rings is 1. The maximum absolute atomic E-state index is 12.0. The average Bonchev–Trinajstić information content (AvgIpc) is 2.71. The summed E-state index contributed by atoms with van der Waals surface area (Å²) in [5.74, 6) is -0.257. The van der Waals surface area contributed by atoms with Gasteiger partial charge in [-0.2, -0.15) is 5.10 Å². The summed E-state index contributed by atoms with van der Waals surface area (Å²) in [5, 5.41) is 7.89. The van der Waals surface area contributed by atoms with E-state index in [2.05, 4.69) is 10.4 Å². The lowest BCUT2D eigenvalue weighted by Crippen LogP contribution is -2.28. The predicted octanol–water partition coefficient (Wildman–Crippen LogP) is 2.28. The third-order valence-electron chi connectivity index (χ3n) is 2.88. The van der Waals surface area contributed by atoms with E-state index in [0.29, 0.717) is 34.4 Å². The summed E-state index contributed by atoms with van der Waals surface area (Å²) in [6.45, 7) is 0.449. The Labute approximate surface area is 126 Å². The normalized spacial score (nSPS) is 10.6. The van der Waals surface area contributed by atoms with Gasteiger partial charge in [0, 0.05) is 23.6 Å². The quantitative estimate of drug-likeness (QED) is 0.909. The molecule has 0 atom stereocenters. The molecule has 1 aromatic heterocycles. The van der Waals surface area contributed by atoms with Crippen molar-refractivity contribution in [1.29, 1.82) is 0 Å². The molecule has 1 heterocycles. The molecule has 0 bridgehead atoms. The zero-order valence-electron chi connectivity index (χ0n) is 10.9. The van der Waals surface area contributed by atoms with E-state index in [1.807, 2.05) is 6.07 Å². The molecule has 3 N–H and O–H groups in total. The summed E-state index contributed by atoms with van der Waals surface area (Å²) in [4.78, 5) is 12.0. The molecule has 0 fully saturated rings. The van der Waals surface area contributed by atoms with E-state index in [0.717, 1.165) is 5.56 Å². The van der Waals surface area contributed by atoms with Gasteiger partial charge in [-0.1, -0.05) is 29.3 Å². The van der Waals surface area contributed by atoms with Crippen LogP contribution >= 0.6 is 23.2 Å². The third kappa shape index (κ3) is 3.23. The van der Waals surface area contributed by atoms with Gasteiger partial charge in [-0.15, -0.1) is 0 Å². The van der Waals surface area contributed by atoms with Crippen LogP contribution in [0.15, 0.2) is 24.4 Å². The highest BCUT2D eigenvalue weighted by atomic mass is 35.5. The number of nitrogens with one attached hydrogen (secondary N) is 1. The molecule has 0 radical (unpaired) electrons. The summed E-state index contributed by atoms with van der Waals surface area (Å²) in [7, 11) is 1.67. The second kappa shape index (κ2) is 6.15. The summed E-state index contributed by atoms with van der Waals surface area (Å²) in [6.07, 6.45) is 2.06. The van der Waals surface area contributed by atoms with Crippen molar-refractivity contribution in [2.24, 2.45) is 7.05 Å². The summed E-state index contributed by atoms with van der Waals surface area (Å²) >= 11 is 11.9. The number of halogens is 2. The van der Waals surface area contributed by atoms with E-state index in [1.165, 1.54) is 10.9 Å². The first-order valence-corrected chi connectivity index (χ1v) is 6.74. The van der Waals surface area contributed by atoms with Crippen molar-refractivity contribution in [3.05, 3.63) is 45.7 Å². The first-order valence-electron chi connectivity index (χ1n) is 5.98. The van der Waals surface area contributed by atoms with E-state index >= 15 is 0 Å². The molecule has 20 heavy (non-hydrogen) atoms. The zero-order valence-corrected chi connectivity index (χ0v) is 12.4. The van der Waals surface area contributed by atoms with Gasteiger partial charge in [0.1, 0.15) is 5.69 Å². The van der Waals surface area contributed by atoms with Gasteiger partial charge in [-0.05, 0) is 24.1 Å². The average molecular weight is 313 g/mol. The SMILES string of the molecule is Cn1ncc(N)c1C(=O)NCCc1ccc(Cl)cc1Cl. The topological polar surface area (TPSA) is 72.9 Å². The number of nitrogens with two attached hydrogens (primary N) is 1. The minimum absolute atomic E-state index is 0.257. The van der Waals surface area contributed by atoms with Crippen LogP contribution in [0, 0.1) is 0 Å². The maximum atomic E-state index is 12.0. The van der Waals surface area contributed by atoms with Gasteiger partial charge < -0.3 is 11.1 Å². The van der Waals surface area contributed by atoms with Crippen molar-refractivity contribution < 1.29 is 4.79 Å². The molecule has 0 spiro atoms. The van der Waals surface area contributed by atoms with Gasteiger partial charge in [0.25, 0.3) is 5.91 Å². The molecule has 7 heteroatoms. The van der Waals surface area contributed by atoms with Crippen molar-refractivity contribution in [3.63, 3.8) is 0 Å². The molecule has 1 aromatic carbocycles. The second-order valence-electron chi connectivity index (χ2n) is 4.31. The van der Waals surface area contributed by atoms with Gasteiger partial charge in [-0.25, -0.2) is 0 Å². The summed E-state index contributed by atoms with van der Waals surface area (Å²) in [5.41, 5.74) is 7.32. The van der Waals surface area contributed by atoms with Gasteiger partial charge in [0.2, 0.25) is 0 Å². The third-order valence-corrected chi connectivity index (χ3v) is 3.46. The van der Waals surface area contributed by atoms with Crippen LogP contribution in [0.2, 0.25) is 10.0 Å². The minimum atomic E-state index is -0.257. The Kier molecular flexibility index (Phi) is 4.52. The molecular formula is C13H14Cl2N4O. The minimum Gasteiger partial charge on any atom is -0.396 e. The van der Waals surface area contributed by atoms with Crippen LogP contribution in [0.3, 0.4) is 0 Å². The van der Waals surface area contributed by atoms with E-state index in [1.54, 1.807) is 19.2 Å². The van der Waals surface area contributed by atoms with Crippen molar-refractivity contribution in [2.75, 3.05) is 12.3 Å². The van der Waals surface area contributed by atoms with Crippen molar-refractivity contribution in [1.82, 2.24) is 15.1 Å². The molecule has 2 rings (SSSR count). The fourth-order valence-electron chi connectivity index (χ4n) is 1.85. The Morgan fingerprint density at radius 1 is 1.45 bits per heavy atom. The van der Waals surface area contributed by atoms with Crippen LogP contribution in [0.5, 0.6) is 0 Å². The number of hydrogen-bond donors (Lipinski definition) is 2. The van der Waals surface area contributed by atoms with Gasteiger partial charge in [0.15, 0.2) is 0 Å². The molecule has 1 amide bonds. The fraction of sp³-hybridized carbons (Fsp3) is 0.231. The number of aromatic nitrogens is 2. The molecule has 2 aromatic rings. The van der Waals surface area contributed by atoms with E-state index in [9.17, 15) is 4.79 Å². The largest absolute Gasteiger partial charge is 0.396 e. The fourth-order valence-corrected chi connectivity index (χ4v) is 2.35. The standard InChI is InChI=1S/C13H14Cl2N4O/c1-19-12(11(16)7-18-19)13(20)17-5-4-8-2-3-9(14)6-10(8)15/h2-3,6-7H,4-5,16H2,1H3,(H,17,20). The lowest BCUT2D eigenvalue weighted by Gasteiger charge is -2.08. The number of rotatable bonds is 4. The van der Waals surface area contributed by atoms with Crippen molar-refractivity contribution in [2.45, 2.75) is 6.42 Å². The summed E-state index contributed by atoms with van der Waals surface area (Å²) in [6, 6.07) is 5.29. The van der Waals surface area contributed by atoms with E-state index in [-0.39, 0.29) is 5.91 Å². The van der Waals surface area contributed by atoms with Gasteiger partial charge >= 0.3 is 0 Å². The Hall–Kier alpha value is -1.72. The molecule has 106 valence electrons. The molecule has 0 saturated carbocycles. The van der Waals surface area contributed by atoms with Gasteiger partial charge in [-0.3, -0.25) is 9.48 Å². The predicted molar refractivity (Wildman–Crippen MR) is 80.1 cm³/mol. The van der Waals surface area contributed by atoms with Gasteiger partial charge in [0.05, 0.1) is 11.9 Å². The highest BCUT2D eigenvalue weighted by molar-refractivity contribution is 6.35. The molecular weight excluding hydrogens is 299 g/mol. The molecule has 0 saturated heterocycles. The molecule has 0 aliphatic carbocycles. The van der Waals surface area contributed by atoms with Crippen LogP contribution in [0.4, 0.5) is 5.69 Å².